The van der Waals surface area contributed by atoms with Gasteiger partial charge in [-0.25, -0.2) is 0 Å². The number of nitrogens with one attached hydrogen (secondary N) is 2. The summed E-state index contributed by atoms with van der Waals surface area (Å²) in [5.41, 5.74) is 0.738. The van der Waals surface area contributed by atoms with Crippen LogP contribution in [0.25, 0.3) is 0 Å². The Hall–Kier alpha value is -1.79. The van der Waals surface area contributed by atoms with E-state index < -0.39 is 0 Å². The molecule has 24 heavy (non-hydrogen) atoms. The van der Waals surface area contributed by atoms with E-state index in [0.29, 0.717) is 25.4 Å². The maximum atomic E-state index is 12.3. The average Bonchev–Trinajstić information content (AvgIpc) is 2.94. The van der Waals surface area contributed by atoms with Crippen molar-refractivity contribution < 1.29 is 14.3 Å². The maximum Gasteiger partial charge on any atom is 0.227 e. The third-order valence-electron chi connectivity index (χ3n) is 3.80. The molecular weight excluding hydrogens is 330 g/mol. The normalized spacial score (nSPS) is 16.7. The van der Waals surface area contributed by atoms with Crippen molar-refractivity contribution in [1.82, 2.24) is 10.6 Å². The van der Waals surface area contributed by atoms with Gasteiger partial charge in [-0.3, -0.25) is 9.59 Å². The first-order valence-electron chi connectivity index (χ1n) is 8.18. The monoisotopic (exact) mass is 355 g/mol. The highest BCUT2D eigenvalue weighted by Gasteiger charge is 2.36. The molecule has 1 saturated heterocycles. The number of carbonyl (C=O) groups excluding carboxylic acids is 2. The van der Waals surface area contributed by atoms with Crippen molar-refractivity contribution in [3.63, 3.8) is 0 Å². The summed E-state index contributed by atoms with van der Waals surface area (Å²) in [5.74, 6) is 0.270. The lowest BCUT2D eigenvalue weighted by Crippen LogP contribution is -2.37. The zero-order chi connectivity index (χ0) is 16.7. The molecule has 1 aromatic carbocycles. The second-order valence-electron chi connectivity index (χ2n) is 5.45. The van der Waals surface area contributed by atoms with E-state index in [-0.39, 0.29) is 36.6 Å². The number of amides is 2. The third kappa shape index (κ3) is 5.11. The highest BCUT2D eigenvalue weighted by atomic mass is 35.5. The van der Waals surface area contributed by atoms with Crippen LogP contribution in [0.15, 0.2) is 24.3 Å². The van der Waals surface area contributed by atoms with E-state index in [1.165, 1.54) is 0 Å². The zero-order valence-corrected chi connectivity index (χ0v) is 15.0. The molecule has 0 saturated carbocycles. The topological polar surface area (TPSA) is 70.7 Å². The van der Waals surface area contributed by atoms with Gasteiger partial charge in [0.1, 0.15) is 5.75 Å². The minimum Gasteiger partial charge on any atom is -0.492 e. The molecule has 2 amide bonds. The molecule has 2 rings (SSSR count). The smallest absolute Gasteiger partial charge is 0.227 e. The van der Waals surface area contributed by atoms with E-state index in [0.717, 1.165) is 18.8 Å². The summed E-state index contributed by atoms with van der Waals surface area (Å²) in [5, 5.41) is 6.03. The van der Waals surface area contributed by atoms with Gasteiger partial charge in [-0.2, -0.15) is 0 Å². The van der Waals surface area contributed by atoms with E-state index in [4.69, 9.17) is 4.74 Å². The van der Waals surface area contributed by atoms with Gasteiger partial charge < -0.3 is 20.3 Å². The Balaban J connectivity index is 0.00000288. The maximum absolute atomic E-state index is 12.3. The molecule has 1 aliphatic rings. The molecule has 0 radical (unpaired) electrons. The summed E-state index contributed by atoms with van der Waals surface area (Å²) in [6.07, 6.45) is 0.244. The van der Waals surface area contributed by atoms with Crippen LogP contribution in [0, 0.1) is 5.92 Å². The molecule has 1 heterocycles. The highest BCUT2D eigenvalue weighted by Crippen LogP contribution is 2.33. The van der Waals surface area contributed by atoms with Crippen molar-refractivity contribution in [3.05, 3.63) is 24.3 Å². The van der Waals surface area contributed by atoms with Crippen LogP contribution in [0.5, 0.6) is 5.75 Å². The van der Waals surface area contributed by atoms with Crippen molar-refractivity contribution in [2.75, 3.05) is 37.7 Å². The molecule has 0 aliphatic carbocycles. The Kier molecular flexibility index (Phi) is 8.57. The summed E-state index contributed by atoms with van der Waals surface area (Å²) >= 11 is 0. The minimum absolute atomic E-state index is 0. The van der Waals surface area contributed by atoms with Gasteiger partial charge in [0.15, 0.2) is 0 Å². The first kappa shape index (κ1) is 20.3. The number of anilines is 1. The van der Waals surface area contributed by atoms with Crippen molar-refractivity contribution in [1.29, 1.82) is 0 Å². The molecule has 1 aliphatic heterocycles. The van der Waals surface area contributed by atoms with Gasteiger partial charge in [0, 0.05) is 26.1 Å². The number of para-hydroxylation sites is 2. The predicted octanol–water partition coefficient (Wildman–Crippen LogP) is 1.59. The minimum atomic E-state index is -0.307. The number of hydrogen-bond donors (Lipinski definition) is 2. The molecule has 1 atom stereocenters. The average molecular weight is 356 g/mol. The van der Waals surface area contributed by atoms with Gasteiger partial charge in [-0.15, -0.1) is 12.4 Å². The Bertz CT molecular complexity index is 554. The number of halogens is 1. The van der Waals surface area contributed by atoms with Gasteiger partial charge in [0.2, 0.25) is 11.8 Å². The first-order chi connectivity index (χ1) is 11.2. The fraction of sp³-hybridized carbons (Fsp3) is 0.529. The molecule has 1 unspecified atom stereocenters. The molecular formula is C17H26ClN3O3. The van der Waals surface area contributed by atoms with Gasteiger partial charge >= 0.3 is 0 Å². The molecule has 2 N–H and O–H groups in total. The largest absolute Gasteiger partial charge is 0.492 e. The fourth-order valence-electron chi connectivity index (χ4n) is 2.67. The van der Waals surface area contributed by atoms with Crippen LogP contribution < -0.4 is 20.3 Å². The predicted molar refractivity (Wildman–Crippen MR) is 96.9 cm³/mol. The summed E-state index contributed by atoms with van der Waals surface area (Å²) in [6, 6.07) is 7.44. The fourth-order valence-corrected chi connectivity index (χ4v) is 2.67. The van der Waals surface area contributed by atoms with Crippen LogP contribution in [-0.2, 0) is 9.59 Å². The Morgan fingerprint density at radius 2 is 2.04 bits per heavy atom. The number of likely N-dealkylation sites (N-methyl/N-ethyl adjacent to an activating group) is 1. The second kappa shape index (κ2) is 10.2. The number of nitrogens with zero attached hydrogens (tertiary/aromatic N) is 1. The van der Waals surface area contributed by atoms with E-state index in [9.17, 15) is 9.59 Å². The van der Waals surface area contributed by atoms with E-state index in [2.05, 4.69) is 10.6 Å². The molecule has 1 fully saturated rings. The van der Waals surface area contributed by atoms with Crippen LogP contribution in [0.1, 0.15) is 20.3 Å². The van der Waals surface area contributed by atoms with Gasteiger partial charge in [0.25, 0.3) is 0 Å². The lowest BCUT2D eigenvalue weighted by Gasteiger charge is -2.20. The first-order valence-corrected chi connectivity index (χ1v) is 8.18. The zero-order valence-electron chi connectivity index (χ0n) is 14.2. The lowest BCUT2D eigenvalue weighted by molar-refractivity contribution is -0.126. The molecule has 0 bridgehead atoms. The third-order valence-corrected chi connectivity index (χ3v) is 3.80. The van der Waals surface area contributed by atoms with Gasteiger partial charge in [-0.05, 0) is 25.6 Å². The van der Waals surface area contributed by atoms with Gasteiger partial charge in [-0.1, -0.05) is 19.1 Å². The number of rotatable bonds is 8. The van der Waals surface area contributed by atoms with Crippen molar-refractivity contribution in [2.24, 2.45) is 5.92 Å². The molecule has 0 aromatic heterocycles. The lowest BCUT2D eigenvalue weighted by atomic mass is 10.1. The molecule has 0 spiro atoms. The SMILES string of the molecule is CCNCCNC(=O)C1CC(=O)N(c2ccccc2OCC)C1.Cl. The van der Waals surface area contributed by atoms with Crippen LogP contribution >= 0.6 is 12.4 Å². The highest BCUT2D eigenvalue weighted by molar-refractivity contribution is 6.01. The molecule has 7 heteroatoms. The summed E-state index contributed by atoms with van der Waals surface area (Å²) in [7, 11) is 0. The Morgan fingerprint density at radius 3 is 2.75 bits per heavy atom. The van der Waals surface area contributed by atoms with Crippen molar-refractivity contribution in [2.45, 2.75) is 20.3 Å². The van der Waals surface area contributed by atoms with E-state index in [1.807, 2.05) is 38.1 Å². The van der Waals surface area contributed by atoms with Gasteiger partial charge in [0.05, 0.1) is 18.2 Å². The summed E-state index contributed by atoms with van der Waals surface area (Å²) in [6.45, 7) is 7.05. The quantitative estimate of drug-likeness (QED) is 0.695. The summed E-state index contributed by atoms with van der Waals surface area (Å²) in [4.78, 5) is 26.1. The molecule has 1 aromatic rings. The van der Waals surface area contributed by atoms with E-state index in [1.54, 1.807) is 4.90 Å². The van der Waals surface area contributed by atoms with Crippen LogP contribution in [0.3, 0.4) is 0 Å². The number of benzene rings is 1. The van der Waals surface area contributed by atoms with Crippen LogP contribution in [0.2, 0.25) is 0 Å². The van der Waals surface area contributed by atoms with Crippen LogP contribution in [-0.4, -0.2) is 44.6 Å². The number of carbonyl (C=O) groups is 2. The summed E-state index contributed by atoms with van der Waals surface area (Å²) < 4.78 is 5.58. The van der Waals surface area contributed by atoms with Crippen molar-refractivity contribution >= 4 is 29.9 Å². The second-order valence-corrected chi connectivity index (χ2v) is 5.45. The number of ether oxygens (including phenoxy) is 1. The molecule has 134 valence electrons. The van der Waals surface area contributed by atoms with Crippen molar-refractivity contribution in [3.8, 4) is 5.75 Å². The molecule has 6 nitrogen and oxygen atoms in total. The van der Waals surface area contributed by atoms with Crippen LogP contribution in [0.4, 0.5) is 5.69 Å². The Labute approximate surface area is 149 Å². The van der Waals surface area contributed by atoms with E-state index >= 15 is 0 Å². The number of hydrogen-bond acceptors (Lipinski definition) is 4. The Morgan fingerprint density at radius 1 is 1.29 bits per heavy atom. The standard InChI is InChI=1S/C17H25N3O3.ClH/c1-3-18-9-10-19-17(22)13-11-16(21)20(12-13)14-7-5-6-8-15(14)23-4-2;/h5-8,13,18H,3-4,9-12H2,1-2H3,(H,19,22);1H.